The monoisotopic (exact) mass is 664 g/mol. The van der Waals surface area contributed by atoms with Gasteiger partial charge in [0.25, 0.3) is 0 Å². The van der Waals surface area contributed by atoms with Gasteiger partial charge in [0.1, 0.15) is 34.1 Å². The van der Waals surface area contributed by atoms with Gasteiger partial charge in [0.05, 0.1) is 11.1 Å². The fourth-order valence-corrected chi connectivity index (χ4v) is 4.63. The summed E-state index contributed by atoms with van der Waals surface area (Å²) < 4.78 is 101. The third-order valence-corrected chi connectivity index (χ3v) is 6.69. The van der Waals surface area contributed by atoms with E-state index in [9.17, 15) is 52.8 Å². The van der Waals surface area contributed by atoms with Gasteiger partial charge >= 0.3 is 36.0 Å². The summed E-state index contributed by atoms with van der Waals surface area (Å²) in [7, 11) is 0. The highest BCUT2D eigenvalue weighted by molar-refractivity contribution is 6.04. The first-order valence-electron chi connectivity index (χ1n) is 12.8. The Hall–Kier alpha value is -6.06. The lowest BCUT2D eigenvalue weighted by molar-refractivity contribution is -0.323. The summed E-state index contributed by atoms with van der Waals surface area (Å²) in [6, 6.07) is 11.5. The van der Waals surface area contributed by atoms with Crippen molar-refractivity contribution in [1.82, 2.24) is 0 Å². The van der Waals surface area contributed by atoms with Crippen molar-refractivity contribution in [1.29, 1.82) is 0 Å². The Morgan fingerprint density at radius 2 is 0.809 bits per heavy atom. The second kappa shape index (κ2) is 12.4. The first kappa shape index (κ1) is 33.8. The molecule has 0 fully saturated rings. The molecule has 0 aliphatic rings. The molecule has 0 saturated heterocycles. The molecule has 4 aromatic rings. The molecule has 16 heteroatoms. The van der Waals surface area contributed by atoms with Crippen LogP contribution >= 0.6 is 0 Å². The number of carboxylic acid groups (broad SMARTS) is 4. The number of benzene rings is 4. The molecule has 0 amide bonds. The maximum atomic E-state index is 17.3. The SMILES string of the molecule is O=C(O)c1cccc(Oc2ccccc2C(F)(c2ccccc2Oc2cccc(C(=O)O)c2C(=O)O)C(F)(F)C(F)(F)F)c1C(=O)O. The zero-order chi connectivity index (χ0) is 34.9. The van der Waals surface area contributed by atoms with Gasteiger partial charge in [0.15, 0.2) is 0 Å². The molecule has 0 saturated carbocycles. The summed E-state index contributed by atoms with van der Waals surface area (Å²) in [6.45, 7) is 0. The van der Waals surface area contributed by atoms with Gasteiger partial charge in [-0.2, -0.15) is 22.0 Å². The first-order valence-corrected chi connectivity index (χ1v) is 12.8. The van der Waals surface area contributed by atoms with Crippen molar-refractivity contribution in [3.8, 4) is 23.0 Å². The smallest absolute Gasteiger partial charge is 0.457 e. The van der Waals surface area contributed by atoms with E-state index in [1.165, 1.54) is 0 Å². The number of hydrogen-bond donors (Lipinski definition) is 4. The minimum Gasteiger partial charge on any atom is -0.478 e. The van der Waals surface area contributed by atoms with Crippen molar-refractivity contribution in [3.05, 3.63) is 118 Å². The second-order valence-corrected chi connectivity index (χ2v) is 9.51. The van der Waals surface area contributed by atoms with Gasteiger partial charge in [-0.3, -0.25) is 0 Å². The Morgan fingerprint density at radius 1 is 0.468 bits per heavy atom. The van der Waals surface area contributed by atoms with E-state index in [-0.39, 0.29) is 0 Å². The Balaban J connectivity index is 2.02. The van der Waals surface area contributed by atoms with Gasteiger partial charge in [0, 0.05) is 11.1 Å². The summed E-state index contributed by atoms with van der Waals surface area (Å²) in [4.78, 5) is 47.0. The Morgan fingerprint density at radius 3 is 1.13 bits per heavy atom. The number of ether oxygens (including phenoxy) is 2. The predicted octanol–water partition coefficient (Wildman–Crippen LogP) is 7.47. The minimum absolute atomic E-state index is 0.473. The van der Waals surface area contributed by atoms with E-state index in [2.05, 4.69) is 0 Å². The molecule has 10 nitrogen and oxygen atoms in total. The van der Waals surface area contributed by atoms with E-state index in [1.54, 1.807) is 0 Å². The molecule has 0 radical (unpaired) electrons. The van der Waals surface area contributed by atoms with Gasteiger partial charge < -0.3 is 29.9 Å². The average Bonchev–Trinajstić information content (AvgIpc) is 3.00. The quantitative estimate of drug-likeness (QED) is 0.118. The van der Waals surface area contributed by atoms with Crippen LogP contribution in [0.25, 0.3) is 0 Å². The van der Waals surface area contributed by atoms with Gasteiger partial charge in [-0.25, -0.2) is 23.6 Å². The largest absolute Gasteiger partial charge is 0.478 e. The number of alkyl halides is 6. The lowest BCUT2D eigenvalue weighted by Gasteiger charge is -2.36. The van der Waals surface area contributed by atoms with E-state index in [0.717, 1.165) is 72.8 Å². The van der Waals surface area contributed by atoms with Gasteiger partial charge in [0.2, 0.25) is 5.67 Å². The maximum Gasteiger partial charge on any atom is 0.457 e. The summed E-state index contributed by atoms with van der Waals surface area (Å²) in [6.07, 6.45) is -6.62. The van der Waals surface area contributed by atoms with Gasteiger partial charge in [-0.15, -0.1) is 0 Å². The van der Waals surface area contributed by atoms with Crippen molar-refractivity contribution >= 4 is 23.9 Å². The third kappa shape index (κ3) is 5.99. The number of halogens is 6. The standard InChI is InChI=1S/C31H18F6O10/c32-29(30(33,34)31(35,36)37,17-9-1-3-11-19(17)46-21-13-5-7-15(25(38)39)23(21)27(42)43)18-10-2-4-12-20(18)47-22-14-6-8-16(26(40)41)24(22)28(44)45/h1-14H,(H,38,39)(H,40,41)(H,42,43)(H,44,45). The van der Waals surface area contributed by atoms with Crippen molar-refractivity contribution in [3.63, 3.8) is 0 Å². The van der Waals surface area contributed by atoms with Crippen LogP contribution in [0, 0.1) is 0 Å². The zero-order valence-electron chi connectivity index (χ0n) is 23.1. The van der Waals surface area contributed by atoms with E-state index >= 15 is 13.2 Å². The fraction of sp³-hybridized carbons (Fsp3) is 0.0968. The first-order chi connectivity index (χ1) is 21.9. The molecule has 0 atom stereocenters. The van der Waals surface area contributed by atoms with Gasteiger partial charge in [-0.1, -0.05) is 48.5 Å². The fourth-order valence-electron chi connectivity index (χ4n) is 4.63. The van der Waals surface area contributed by atoms with Crippen LogP contribution in [-0.2, 0) is 5.67 Å². The van der Waals surface area contributed by atoms with E-state index < -0.39 is 98.0 Å². The predicted molar refractivity (Wildman–Crippen MR) is 147 cm³/mol. The summed E-state index contributed by atoms with van der Waals surface area (Å²) in [5, 5.41) is 38.1. The summed E-state index contributed by atoms with van der Waals surface area (Å²) >= 11 is 0. The number of rotatable bonds is 11. The average molecular weight is 664 g/mol. The lowest BCUT2D eigenvalue weighted by atomic mass is 9.81. The number of para-hydroxylation sites is 2. The van der Waals surface area contributed by atoms with Crippen molar-refractivity contribution in [2.24, 2.45) is 0 Å². The number of aromatic carboxylic acids is 4. The molecule has 0 aliphatic carbocycles. The molecule has 4 rings (SSSR count). The van der Waals surface area contributed by atoms with Crippen LogP contribution in [-0.4, -0.2) is 56.4 Å². The van der Waals surface area contributed by atoms with Crippen molar-refractivity contribution in [2.75, 3.05) is 0 Å². The van der Waals surface area contributed by atoms with Crippen LogP contribution in [0.1, 0.15) is 52.6 Å². The Bertz CT molecular complexity index is 1780. The molecular formula is C31H18F6O10. The van der Waals surface area contributed by atoms with Crippen LogP contribution < -0.4 is 9.47 Å². The molecule has 0 heterocycles. The topological polar surface area (TPSA) is 168 Å². The van der Waals surface area contributed by atoms with E-state index in [0.29, 0.717) is 12.1 Å². The number of carboxylic acids is 4. The summed E-state index contributed by atoms with van der Waals surface area (Å²) in [5.41, 5.74) is -11.8. The molecule has 4 N–H and O–H groups in total. The number of carbonyl (C=O) groups is 4. The highest BCUT2D eigenvalue weighted by Crippen LogP contribution is 2.58. The molecule has 0 bridgehead atoms. The minimum atomic E-state index is -6.62. The molecule has 47 heavy (non-hydrogen) atoms. The lowest BCUT2D eigenvalue weighted by Crippen LogP contribution is -2.53. The molecule has 0 aliphatic heterocycles. The van der Waals surface area contributed by atoms with Crippen LogP contribution in [0.4, 0.5) is 26.3 Å². The van der Waals surface area contributed by atoms with Crippen LogP contribution in [0.3, 0.4) is 0 Å². The zero-order valence-corrected chi connectivity index (χ0v) is 23.1. The van der Waals surface area contributed by atoms with Crippen molar-refractivity contribution in [2.45, 2.75) is 17.8 Å². The molecule has 0 aromatic heterocycles. The molecule has 0 unspecified atom stereocenters. The number of hydrogen-bond acceptors (Lipinski definition) is 6. The van der Waals surface area contributed by atoms with E-state index in [4.69, 9.17) is 9.47 Å². The molecule has 244 valence electrons. The van der Waals surface area contributed by atoms with Crippen LogP contribution in [0.5, 0.6) is 23.0 Å². The Labute approximate surface area is 258 Å². The summed E-state index contributed by atoms with van der Waals surface area (Å²) in [5.74, 6) is -17.5. The molecule has 0 spiro atoms. The van der Waals surface area contributed by atoms with Gasteiger partial charge in [-0.05, 0) is 36.4 Å². The molecule has 4 aromatic carbocycles. The highest BCUT2D eigenvalue weighted by atomic mass is 19.4. The van der Waals surface area contributed by atoms with Crippen molar-refractivity contribution < 1.29 is 75.4 Å². The van der Waals surface area contributed by atoms with E-state index in [1.807, 2.05) is 0 Å². The maximum absolute atomic E-state index is 17.3. The molecular weight excluding hydrogens is 646 g/mol. The third-order valence-electron chi connectivity index (χ3n) is 6.69. The highest BCUT2D eigenvalue weighted by Gasteiger charge is 2.74. The van der Waals surface area contributed by atoms with Crippen LogP contribution in [0.15, 0.2) is 84.9 Å². The Kier molecular flexibility index (Phi) is 8.91. The van der Waals surface area contributed by atoms with Crippen LogP contribution in [0.2, 0.25) is 0 Å². The second-order valence-electron chi connectivity index (χ2n) is 9.51. The normalized spacial score (nSPS) is 11.9.